The Labute approximate surface area is 351 Å². The fourth-order valence-corrected chi connectivity index (χ4v) is 16.6. The predicted molar refractivity (Wildman–Crippen MR) is 246 cm³/mol. The van der Waals surface area contributed by atoms with E-state index < -0.39 is 16.6 Å². The highest BCUT2D eigenvalue weighted by molar-refractivity contribution is 7.08. The van der Waals surface area contributed by atoms with E-state index in [1.165, 1.54) is 0 Å². The van der Waals surface area contributed by atoms with E-state index in [0.29, 0.717) is 33.4 Å². The molecule has 0 atom stereocenters. The van der Waals surface area contributed by atoms with E-state index in [-0.39, 0.29) is 22.7 Å². The van der Waals surface area contributed by atoms with Gasteiger partial charge in [0.2, 0.25) is 0 Å². The van der Waals surface area contributed by atoms with Crippen molar-refractivity contribution in [2.75, 3.05) is 0 Å². The molecule has 0 aromatic heterocycles. The summed E-state index contributed by atoms with van der Waals surface area (Å²) in [5, 5.41) is 7.36. The Bertz CT molecular complexity index is 2600. The van der Waals surface area contributed by atoms with Gasteiger partial charge in [0, 0.05) is 21.9 Å². The first-order valence-corrected chi connectivity index (χ1v) is 23.9. The molecule has 0 heterocycles. The van der Waals surface area contributed by atoms with Crippen molar-refractivity contribution in [3.63, 3.8) is 0 Å². The molecular formula is C54H38O4Si2. The molecule has 0 spiro atoms. The molecule has 0 bridgehead atoms. The zero-order valence-corrected chi connectivity index (χ0v) is 34.6. The fraction of sp³-hybridized carbons (Fsp3) is 0. The minimum atomic E-state index is -3.50. The summed E-state index contributed by atoms with van der Waals surface area (Å²) in [7, 11) is -7.00. The molecule has 1 aliphatic rings. The second-order valence-corrected chi connectivity index (χ2v) is 21.5. The zero-order chi connectivity index (χ0) is 40.5. The lowest BCUT2D eigenvalue weighted by Gasteiger charge is -2.38. The number of carbonyl (C=O) groups excluding carboxylic acids is 2. The van der Waals surface area contributed by atoms with Crippen molar-refractivity contribution in [2.45, 2.75) is 0 Å². The second-order valence-electron chi connectivity index (χ2n) is 14.9. The van der Waals surface area contributed by atoms with Crippen molar-refractivity contribution >= 4 is 70.1 Å². The van der Waals surface area contributed by atoms with Crippen molar-refractivity contribution in [2.24, 2.45) is 0 Å². The van der Waals surface area contributed by atoms with Gasteiger partial charge in [0.1, 0.15) is 11.5 Å². The molecule has 0 unspecified atom stereocenters. The van der Waals surface area contributed by atoms with E-state index in [0.717, 1.165) is 31.1 Å². The van der Waals surface area contributed by atoms with Crippen LogP contribution in [0.1, 0.15) is 31.8 Å². The molecule has 0 radical (unpaired) electrons. The summed E-state index contributed by atoms with van der Waals surface area (Å²) >= 11 is 0. The quantitative estimate of drug-likeness (QED) is 0.105. The molecule has 0 saturated heterocycles. The lowest BCUT2D eigenvalue weighted by Crippen LogP contribution is -2.72. The first kappa shape index (κ1) is 36.9. The molecule has 6 heteroatoms. The Morgan fingerprint density at radius 2 is 0.483 bits per heavy atom. The summed E-state index contributed by atoms with van der Waals surface area (Å²) in [6.07, 6.45) is 0. The molecular weight excluding hydrogens is 769 g/mol. The van der Waals surface area contributed by atoms with Gasteiger partial charge in [-0.2, -0.15) is 0 Å². The maximum Gasteiger partial charge on any atom is 0.346 e. The molecule has 4 nitrogen and oxygen atoms in total. The number of hydrogen-bond acceptors (Lipinski definition) is 4. The summed E-state index contributed by atoms with van der Waals surface area (Å²) in [5.41, 5.74) is 1.10. The van der Waals surface area contributed by atoms with Gasteiger partial charge in [-0.3, -0.25) is 9.59 Å². The van der Waals surface area contributed by atoms with Gasteiger partial charge in [-0.1, -0.05) is 231 Å². The van der Waals surface area contributed by atoms with Gasteiger partial charge in [-0.15, -0.1) is 0 Å². The minimum absolute atomic E-state index is 0.212. The van der Waals surface area contributed by atoms with E-state index in [2.05, 4.69) is 72.8 Å². The average Bonchev–Trinajstić information content (AvgIpc) is 3.33. The van der Waals surface area contributed by atoms with Crippen molar-refractivity contribution in [1.29, 1.82) is 0 Å². The third kappa shape index (κ3) is 5.96. The molecule has 60 heavy (non-hydrogen) atoms. The number of rotatable bonds is 10. The third-order valence-electron chi connectivity index (χ3n) is 11.6. The topological polar surface area (TPSA) is 52.6 Å². The zero-order valence-electron chi connectivity index (χ0n) is 32.6. The average molecular weight is 807 g/mol. The largest absolute Gasteiger partial charge is 0.529 e. The highest BCUT2D eigenvalue weighted by Crippen LogP contribution is 2.47. The number of benzene rings is 9. The molecule has 0 N–H and O–H groups in total. The Morgan fingerprint density at radius 3 is 0.733 bits per heavy atom. The maximum absolute atomic E-state index is 15.5. The lowest BCUT2D eigenvalue weighted by atomic mass is 9.81. The lowest BCUT2D eigenvalue weighted by molar-refractivity contribution is 0.0976. The normalized spacial score (nSPS) is 12.4. The fourth-order valence-electron chi connectivity index (χ4n) is 8.87. The van der Waals surface area contributed by atoms with Gasteiger partial charge in [0.15, 0.2) is 11.6 Å². The Morgan fingerprint density at radius 1 is 0.267 bits per heavy atom. The van der Waals surface area contributed by atoms with Crippen molar-refractivity contribution < 1.29 is 18.4 Å². The molecule has 1 aliphatic carbocycles. The number of carbonyl (C=O) groups is 2. The standard InChI is InChI=1S/C54H38O4Si2/c55-51-45-35-19-20-36-46(45)52(56)50-49(51)53(57-59(39-23-7-1-8-24-39,40-25-9-2-10-26-40)41-27-11-3-12-28-41)47-37-21-22-38-48(47)54(50)58-60(42-29-13-4-14-30-42,43-31-15-5-16-32-43)44-33-17-6-18-34-44/h1-38H. The van der Waals surface area contributed by atoms with E-state index in [1.54, 1.807) is 12.1 Å². The van der Waals surface area contributed by atoms with Crippen LogP contribution in [0.4, 0.5) is 0 Å². The van der Waals surface area contributed by atoms with Crippen LogP contribution in [0.5, 0.6) is 11.5 Å². The summed E-state index contributed by atoms with van der Waals surface area (Å²) in [4.78, 5) is 31.0. The monoisotopic (exact) mass is 806 g/mol. The van der Waals surface area contributed by atoms with E-state index in [1.807, 2.05) is 146 Å². The molecule has 9 aromatic carbocycles. The number of hydrogen-bond donors (Lipinski definition) is 0. The van der Waals surface area contributed by atoms with Gasteiger partial charge >= 0.3 is 16.6 Å². The SMILES string of the molecule is O=C1c2ccccc2C(=O)c2c1c(O[Si](c1ccccc1)(c1ccccc1)c1ccccc1)c1ccccc1c2O[Si](c1ccccc1)(c1ccccc1)c1ccccc1. The number of ketones is 2. The van der Waals surface area contributed by atoms with Gasteiger partial charge in [0.05, 0.1) is 11.1 Å². The van der Waals surface area contributed by atoms with E-state index in [4.69, 9.17) is 8.85 Å². The van der Waals surface area contributed by atoms with Crippen LogP contribution in [0, 0.1) is 0 Å². The predicted octanol–water partition coefficient (Wildman–Crippen LogP) is 7.71. The molecule has 0 aliphatic heterocycles. The van der Waals surface area contributed by atoms with Crippen molar-refractivity contribution in [1.82, 2.24) is 0 Å². The van der Waals surface area contributed by atoms with Crippen LogP contribution in [-0.4, -0.2) is 28.2 Å². The van der Waals surface area contributed by atoms with Crippen LogP contribution >= 0.6 is 0 Å². The Balaban J connectivity index is 1.34. The van der Waals surface area contributed by atoms with Crippen LogP contribution in [0.25, 0.3) is 10.8 Å². The van der Waals surface area contributed by atoms with Gasteiger partial charge in [0.25, 0.3) is 0 Å². The van der Waals surface area contributed by atoms with Gasteiger partial charge in [-0.05, 0) is 31.1 Å². The highest BCUT2D eigenvalue weighted by atomic mass is 28.4. The van der Waals surface area contributed by atoms with Crippen molar-refractivity contribution in [3.05, 3.63) is 253 Å². The second kappa shape index (κ2) is 15.4. The summed E-state index contributed by atoms with van der Waals surface area (Å²) < 4.78 is 15.7. The van der Waals surface area contributed by atoms with Gasteiger partial charge in [-0.25, -0.2) is 0 Å². The Kier molecular flexibility index (Phi) is 9.49. The molecule has 9 aromatic rings. The summed E-state index contributed by atoms with van der Waals surface area (Å²) in [6, 6.07) is 76.7. The number of fused-ring (bicyclic) bond motifs is 3. The van der Waals surface area contributed by atoms with Crippen LogP contribution in [-0.2, 0) is 0 Å². The van der Waals surface area contributed by atoms with Gasteiger partial charge < -0.3 is 8.85 Å². The summed E-state index contributed by atoms with van der Waals surface area (Å²) in [6.45, 7) is 0. The molecule has 0 saturated carbocycles. The molecule has 10 rings (SSSR count). The molecule has 0 fully saturated rings. The first-order chi connectivity index (χ1) is 29.6. The van der Waals surface area contributed by atoms with Crippen LogP contribution < -0.4 is 40.0 Å². The van der Waals surface area contributed by atoms with Crippen LogP contribution in [0.3, 0.4) is 0 Å². The molecule has 0 amide bonds. The van der Waals surface area contributed by atoms with Crippen LogP contribution in [0.15, 0.2) is 231 Å². The Hall–Kier alpha value is -7.39. The third-order valence-corrected chi connectivity index (χ3v) is 19.5. The van der Waals surface area contributed by atoms with Crippen LogP contribution in [0.2, 0.25) is 0 Å². The maximum atomic E-state index is 15.5. The van der Waals surface area contributed by atoms with Crippen molar-refractivity contribution in [3.8, 4) is 11.5 Å². The van der Waals surface area contributed by atoms with E-state index in [9.17, 15) is 0 Å². The highest BCUT2D eigenvalue weighted by Gasteiger charge is 2.49. The van der Waals surface area contributed by atoms with E-state index >= 15 is 9.59 Å². The minimum Gasteiger partial charge on any atom is -0.529 e. The first-order valence-electron chi connectivity index (χ1n) is 20.1. The molecule has 286 valence electrons. The summed E-state index contributed by atoms with van der Waals surface area (Å²) in [5.74, 6) is 0.175. The smallest absolute Gasteiger partial charge is 0.346 e.